The summed E-state index contributed by atoms with van der Waals surface area (Å²) >= 11 is 0. The van der Waals surface area contributed by atoms with Crippen molar-refractivity contribution >= 4 is 5.91 Å². The normalized spacial score (nSPS) is 14.4. The molecule has 1 aromatic rings. The first kappa shape index (κ1) is 17.3. The molecule has 0 aliphatic heterocycles. The predicted molar refractivity (Wildman–Crippen MR) is 67.6 cm³/mol. The number of nitrogens with one attached hydrogen (secondary N) is 1. The van der Waals surface area contributed by atoms with Crippen molar-refractivity contribution in [3.8, 4) is 5.75 Å². The van der Waals surface area contributed by atoms with Crippen LogP contribution in [0.3, 0.4) is 0 Å². The third-order valence-electron chi connectivity index (χ3n) is 2.80. The van der Waals surface area contributed by atoms with Gasteiger partial charge in [-0.2, -0.15) is 13.2 Å². The average molecular weight is 307 g/mol. The van der Waals surface area contributed by atoms with Crippen LogP contribution in [0.1, 0.15) is 24.2 Å². The zero-order valence-electron chi connectivity index (χ0n) is 11.4. The number of rotatable bonds is 5. The van der Waals surface area contributed by atoms with Crippen LogP contribution in [0.25, 0.3) is 0 Å². The molecule has 5 nitrogen and oxygen atoms in total. The molecule has 0 fully saturated rings. The first-order valence-corrected chi connectivity index (χ1v) is 6.02. The minimum absolute atomic E-state index is 0.00310. The van der Waals surface area contributed by atoms with Crippen LogP contribution < -0.4 is 10.1 Å². The predicted octanol–water partition coefficient (Wildman–Crippen LogP) is 1.24. The third kappa shape index (κ3) is 4.61. The summed E-state index contributed by atoms with van der Waals surface area (Å²) in [5.74, 6) is -0.597. The fraction of sp³-hybridized carbons (Fsp3) is 0.462. The van der Waals surface area contributed by atoms with E-state index in [1.54, 1.807) is 0 Å². The van der Waals surface area contributed by atoms with Crippen LogP contribution >= 0.6 is 0 Å². The summed E-state index contributed by atoms with van der Waals surface area (Å²) in [4.78, 5) is 10.7. The molecule has 0 radical (unpaired) electrons. The molecule has 0 aliphatic carbocycles. The van der Waals surface area contributed by atoms with E-state index in [9.17, 15) is 28.2 Å². The van der Waals surface area contributed by atoms with Gasteiger partial charge in [-0.25, -0.2) is 0 Å². The molecule has 1 aromatic carbocycles. The highest BCUT2D eigenvalue weighted by Gasteiger charge is 2.32. The molecule has 0 spiro atoms. The number of ether oxygens (including phenoxy) is 1. The largest absolute Gasteiger partial charge is 0.496 e. The van der Waals surface area contributed by atoms with Gasteiger partial charge in [-0.1, -0.05) is 6.07 Å². The van der Waals surface area contributed by atoms with E-state index in [0.29, 0.717) is 0 Å². The van der Waals surface area contributed by atoms with E-state index in [2.05, 4.69) is 5.32 Å². The maximum absolute atomic E-state index is 12.6. The Labute approximate surface area is 119 Å². The lowest BCUT2D eigenvalue weighted by Crippen LogP contribution is -2.34. The Morgan fingerprint density at radius 3 is 2.48 bits per heavy atom. The molecule has 1 amide bonds. The standard InChI is InChI=1S/C13H16F3NO4/c1-7(18)17-6-10(19)12(20)9-4-3-8(13(14,15)16)5-11(9)21-2/h3-5,10,12,19-20H,6H2,1-2H3,(H,17,18). The van der Waals surface area contributed by atoms with E-state index in [4.69, 9.17) is 4.74 Å². The summed E-state index contributed by atoms with van der Waals surface area (Å²) < 4.78 is 42.6. The zero-order valence-corrected chi connectivity index (χ0v) is 11.4. The van der Waals surface area contributed by atoms with Gasteiger partial charge in [0.15, 0.2) is 0 Å². The molecule has 1 rings (SSSR count). The summed E-state index contributed by atoms with van der Waals surface area (Å²) in [6.45, 7) is 0.998. The van der Waals surface area contributed by atoms with Crippen molar-refractivity contribution in [2.24, 2.45) is 0 Å². The molecule has 0 bridgehead atoms. The van der Waals surface area contributed by atoms with Crippen molar-refractivity contribution in [1.82, 2.24) is 5.32 Å². The minimum Gasteiger partial charge on any atom is -0.496 e. The van der Waals surface area contributed by atoms with E-state index < -0.39 is 29.9 Å². The third-order valence-corrected chi connectivity index (χ3v) is 2.80. The molecule has 0 aliphatic rings. The Morgan fingerprint density at radius 2 is 2.00 bits per heavy atom. The van der Waals surface area contributed by atoms with Gasteiger partial charge in [-0.3, -0.25) is 4.79 Å². The van der Waals surface area contributed by atoms with Crippen LogP contribution in [0, 0.1) is 0 Å². The molecular formula is C13H16F3NO4. The molecule has 0 saturated heterocycles. The number of alkyl halides is 3. The molecule has 3 N–H and O–H groups in total. The topological polar surface area (TPSA) is 78.8 Å². The number of carbonyl (C=O) groups is 1. The number of aliphatic hydroxyl groups excluding tert-OH is 2. The van der Waals surface area contributed by atoms with E-state index >= 15 is 0 Å². The van der Waals surface area contributed by atoms with Crippen LogP contribution in [0.5, 0.6) is 5.75 Å². The molecule has 2 atom stereocenters. The zero-order chi connectivity index (χ0) is 16.2. The lowest BCUT2D eigenvalue weighted by molar-refractivity contribution is -0.137. The summed E-state index contributed by atoms with van der Waals surface area (Å²) in [6.07, 6.45) is -7.40. The molecule has 0 saturated carbocycles. The molecule has 0 aromatic heterocycles. The molecule has 118 valence electrons. The number of benzene rings is 1. The van der Waals surface area contributed by atoms with Crippen LogP contribution in [0.4, 0.5) is 13.2 Å². The highest BCUT2D eigenvalue weighted by Crippen LogP contribution is 2.35. The van der Waals surface area contributed by atoms with Crippen molar-refractivity contribution in [3.05, 3.63) is 29.3 Å². The second-order valence-electron chi connectivity index (χ2n) is 4.40. The van der Waals surface area contributed by atoms with Crippen LogP contribution in [-0.2, 0) is 11.0 Å². The second-order valence-corrected chi connectivity index (χ2v) is 4.40. The van der Waals surface area contributed by atoms with E-state index in [1.807, 2.05) is 0 Å². The summed E-state index contributed by atoms with van der Waals surface area (Å²) in [7, 11) is 1.16. The quantitative estimate of drug-likeness (QED) is 0.765. The lowest BCUT2D eigenvalue weighted by Gasteiger charge is -2.21. The number of hydrogen-bond acceptors (Lipinski definition) is 4. The Kier molecular flexibility index (Phi) is 5.56. The van der Waals surface area contributed by atoms with Crippen molar-refractivity contribution in [1.29, 1.82) is 0 Å². The summed E-state index contributed by atoms with van der Waals surface area (Å²) in [5, 5.41) is 22.0. The van der Waals surface area contributed by atoms with Crippen LogP contribution in [-0.4, -0.2) is 35.9 Å². The molecule has 8 heteroatoms. The van der Waals surface area contributed by atoms with Gasteiger partial charge in [-0.15, -0.1) is 0 Å². The summed E-state index contributed by atoms with van der Waals surface area (Å²) in [6, 6.07) is 2.55. The van der Waals surface area contributed by atoms with Crippen LogP contribution in [0.2, 0.25) is 0 Å². The van der Waals surface area contributed by atoms with Gasteiger partial charge in [0.25, 0.3) is 0 Å². The Hall–Kier alpha value is -1.80. The molecule has 2 unspecified atom stereocenters. The molecule has 0 heterocycles. The number of amides is 1. The van der Waals surface area contributed by atoms with Gasteiger partial charge < -0.3 is 20.3 Å². The minimum atomic E-state index is -4.54. The molecule has 21 heavy (non-hydrogen) atoms. The lowest BCUT2D eigenvalue weighted by atomic mass is 10.0. The maximum Gasteiger partial charge on any atom is 0.416 e. The van der Waals surface area contributed by atoms with Gasteiger partial charge >= 0.3 is 6.18 Å². The Balaban J connectivity index is 2.98. The maximum atomic E-state index is 12.6. The van der Waals surface area contributed by atoms with Gasteiger partial charge in [0, 0.05) is 19.0 Å². The smallest absolute Gasteiger partial charge is 0.416 e. The Bertz CT molecular complexity index is 505. The van der Waals surface area contributed by atoms with Gasteiger partial charge in [0.05, 0.1) is 12.7 Å². The number of methoxy groups -OCH3 is 1. The fourth-order valence-corrected chi connectivity index (χ4v) is 1.70. The van der Waals surface area contributed by atoms with Crippen molar-refractivity contribution < 1.29 is 32.9 Å². The molecular weight excluding hydrogens is 291 g/mol. The second kappa shape index (κ2) is 6.77. The Morgan fingerprint density at radius 1 is 1.38 bits per heavy atom. The van der Waals surface area contributed by atoms with Crippen LogP contribution in [0.15, 0.2) is 18.2 Å². The SMILES string of the molecule is COc1cc(C(F)(F)F)ccc1C(O)C(O)CNC(C)=O. The van der Waals surface area contributed by atoms with Crippen molar-refractivity contribution in [2.45, 2.75) is 25.3 Å². The number of carbonyl (C=O) groups excluding carboxylic acids is 1. The van der Waals surface area contributed by atoms with Gasteiger partial charge in [0.1, 0.15) is 18.0 Å². The number of hydrogen-bond donors (Lipinski definition) is 3. The van der Waals surface area contributed by atoms with E-state index in [1.165, 1.54) is 6.92 Å². The summed E-state index contributed by atoms with van der Waals surface area (Å²) in [5.41, 5.74) is -0.921. The highest BCUT2D eigenvalue weighted by molar-refractivity contribution is 5.72. The van der Waals surface area contributed by atoms with E-state index in [0.717, 1.165) is 25.3 Å². The number of aliphatic hydroxyl groups is 2. The van der Waals surface area contributed by atoms with Gasteiger partial charge in [-0.05, 0) is 12.1 Å². The first-order chi connectivity index (χ1) is 9.66. The number of halogens is 3. The highest BCUT2D eigenvalue weighted by atomic mass is 19.4. The van der Waals surface area contributed by atoms with E-state index in [-0.39, 0.29) is 17.9 Å². The van der Waals surface area contributed by atoms with Crippen molar-refractivity contribution in [3.63, 3.8) is 0 Å². The average Bonchev–Trinajstić information content (AvgIpc) is 2.42. The fourth-order valence-electron chi connectivity index (χ4n) is 1.70. The first-order valence-electron chi connectivity index (χ1n) is 6.02. The monoisotopic (exact) mass is 307 g/mol. The van der Waals surface area contributed by atoms with Gasteiger partial charge in [0.2, 0.25) is 5.91 Å². The van der Waals surface area contributed by atoms with Crippen molar-refractivity contribution in [2.75, 3.05) is 13.7 Å².